The zero-order valence-corrected chi connectivity index (χ0v) is 20.7. The number of hydrogen-bond donors (Lipinski definition) is 0. The average Bonchev–Trinajstić information content (AvgIpc) is 3.13. The largest absolute Gasteiger partial charge is 0.488 e. The van der Waals surface area contributed by atoms with Gasteiger partial charge in [0.05, 0.1) is 11.4 Å². The number of thioether (sulfide) groups is 1. The molecule has 1 aliphatic heterocycles. The van der Waals surface area contributed by atoms with Gasteiger partial charge in [0.15, 0.2) is 0 Å². The first kappa shape index (κ1) is 23.5. The number of halogens is 2. The van der Waals surface area contributed by atoms with Crippen LogP contribution in [0.4, 0.5) is 4.79 Å². The quantitative estimate of drug-likeness (QED) is 0.242. The van der Waals surface area contributed by atoms with E-state index in [4.69, 9.17) is 27.9 Å². The van der Waals surface area contributed by atoms with Crippen molar-refractivity contribution in [3.63, 3.8) is 0 Å². The van der Waals surface area contributed by atoms with Crippen molar-refractivity contribution in [2.45, 2.75) is 13.2 Å². The summed E-state index contributed by atoms with van der Waals surface area (Å²) in [6.07, 6.45) is 1.74. The molecule has 0 spiro atoms. The Morgan fingerprint density at radius 1 is 0.829 bits per heavy atom. The summed E-state index contributed by atoms with van der Waals surface area (Å²) in [5.74, 6) is 0.242. The number of imide groups is 1. The van der Waals surface area contributed by atoms with Gasteiger partial charge in [-0.15, -0.1) is 0 Å². The van der Waals surface area contributed by atoms with Crippen LogP contribution >= 0.6 is 35.0 Å². The molecule has 1 saturated heterocycles. The number of rotatable bonds is 6. The number of hydrogen-bond acceptors (Lipinski definition) is 4. The van der Waals surface area contributed by atoms with Crippen molar-refractivity contribution in [3.05, 3.63) is 117 Å². The number of nitrogens with zero attached hydrogens (tertiary/aromatic N) is 1. The van der Waals surface area contributed by atoms with Crippen LogP contribution in [0.2, 0.25) is 10.0 Å². The number of benzene rings is 4. The molecule has 0 saturated carbocycles. The first-order chi connectivity index (χ1) is 17.0. The molecule has 0 unspecified atom stereocenters. The minimum Gasteiger partial charge on any atom is -0.488 e. The molecule has 1 fully saturated rings. The Balaban J connectivity index is 1.50. The zero-order valence-electron chi connectivity index (χ0n) is 18.4. The summed E-state index contributed by atoms with van der Waals surface area (Å²) in [5, 5.41) is 2.38. The Bertz CT molecular complexity index is 1450. The molecule has 0 atom stereocenters. The fraction of sp³-hybridized carbons (Fsp3) is 0.0714. The summed E-state index contributed by atoms with van der Waals surface area (Å²) in [6, 6.07) is 26.7. The highest BCUT2D eigenvalue weighted by Gasteiger charge is 2.36. The monoisotopic (exact) mass is 519 g/mol. The van der Waals surface area contributed by atoms with Crippen LogP contribution in [0.15, 0.2) is 89.8 Å². The lowest BCUT2D eigenvalue weighted by Crippen LogP contribution is -2.27. The van der Waals surface area contributed by atoms with Crippen molar-refractivity contribution < 1.29 is 14.3 Å². The van der Waals surface area contributed by atoms with Gasteiger partial charge in [-0.05, 0) is 52.4 Å². The van der Waals surface area contributed by atoms with E-state index in [1.165, 1.54) is 4.90 Å². The molecule has 0 N–H and O–H groups in total. The summed E-state index contributed by atoms with van der Waals surface area (Å²) in [4.78, 5) is 27.5. The van der Waals surface area contributed by atoms with E-state index in [0.717, 1.165) is 33.7 Å². The minimum atomic E-state index is -0.391. The minimum absolute atomic E-state index is 0.00736. The van der Waals surface area contributed by atoms with Crippen molar-refractivity contribution in [1.82, 2.24) is 4.90 Å². The molecule has 4 aromatic carbocycles. The highest BCUT2D eigenvalue weighted by molar-refractivity contribution is 8.18. The van der Waals surface area contributed by atoms with E-state index < -0.39 is 5.91 Å². The van der Waals surface area contributed by atoms with E-state index in [9.17, 15) is 9.59 Å². The number of fused-ring (bicyclic) bond motifs is 1. The van der Waals surface area contributed by atoms with Crippen LogP contribution in [0, 0.1) is 0 Å². The van der Waals surface area contributed by atoms with E-state index >= 15 is 0 Å². The highest BCUT2D eigenvalue weighted by Crippen LogP contribution is 2.38. The third-order valence-electron chi connectivity index (χ3n) is 5.69. The van der Waals surface area contributed by atoms with Crippen molar-refractivity contribution in [3.8, 4) is 5.75 Å². The van der Waals surface area contributed by atoms with Gasteiger partial charge < -0.3 is 4.74 Å². The standard InChI is InChI=1S/C28H19Cl2NO3S/c29-23-11-6-12-24(30)22(23)16-31-27(32)26(35-28(31)33)15-21-20-10-5-4-9-19(20)13-14-25(21)34-17-18-7-2-1-3-8-18/h1-15H,16-17H2/b26-15-. The molecule has 0 aliphatic carbocycles. The zero-order chi connectivity index (χ0) is 24.4. The normalized spacial score (nSPS) is 14.8. The molecule has 0 radical (unpaired) electrons. The smallest absolute Gasteiger partial charge is 0.293 e. The molecule has 0 bridgehead atoms. The summed E-state index contributed by atoms with van der Waals surface area (Å²) in [6.45, 7) is 0.389. The second-order valence-corrected chi connectivity index (χ2v) is 9.75. The lowest BCUT2D eigenvalue weighted by atomic mass is 10.0. The Kier molecular flexibility index (Phi) is 6.82. The van der Waals surface area contributed by atoms with Gasteiger partial charge in [-0.3, -0.25) is 14.5 Å². The van der Waals surface area contributed by atoms with Gasteiger partial charge in [0.2, 0.25) is 0 Å². The number of carbonyl (C=O) groups excluding carboxylic acids is 2. The molecule has 7 heteroatoms. The van der Waals surface area contributed by atoms with Gasteiger partial charge in [0, 0.05) is 21.2 Å². The molecule has 5 rings (SSSR count). The van der Waals surface area contributed by atoms with Gasteiger partial charge in [-0.1, -0.05) is 89.9 Å². The first-order valence-corrected chi connectivity index (χ1v) is 12.5. The Morgan fingerprint density at radius 2 is 1.54 bits per heavy atom. The Labute approximate surface area is 217 Å². The second kappa shape index (κ2) is 10.2. The van der Waals surface area contributed by atoms with Crippen molar-refractivity contribution in [2.24, 2.45) is 0 Å². The topological polar surface area (TPSA) is 46.6 Å². The van der Waals surface area contributed by atoms with Gasteiger partial charge in [-0.2, -0.15) is 0 Å². The van der Waals surface area contributed by atoms with Crippen LogP contribution in [0.25, 0.3) is 16.8 Å². The van der Waals surface area contributed by atoms with E-state index in [1.54, 1.807) is 24.3 Å². The third kappa shape index (κ3) is 4.94. The van der Waals surface area contributed by atoms with E-state index in [2.05, 4.69) is 0 Å². The molecule has 174 valence electrons. The maximum atomic E-state index is 13.3. The van der Waals surface area contributed by atoms with Crippen LogP contribution in [0.3, 0.4) is 0 Å². The summed E-state index contributed by atoms with van der Waals surface area (Å²) >= 11 is 13.4. The van der Waals surface area contributed by atoms with Crippen molar-refractivity contribution >= 4 is 63.0 Å². The van der Waals surface area contributed by atoms with Crippen LogP contribution in [-0.4, -0.2) is 16.0 Å². The maximum Gasteiger partial charge on any atom is 0.293 e. The number of amides is 2. The van der Waals surface area contributed by atoms with Crippen molar-refractivity contribution in [2.75, 3.05) is 0 Å². The maximum absolute atomic E-state index is 13.3. The van der Waals surface area contributed by atoms with Gasteiger partial charge in [-0.25, -0.2) is 0 Å². The van der Waals surface area contributed by atoms with Crippen LogP contribution in [-0.2, 0) is 17.9 Å². The highest BCUT2D eigenvalue weighted by atomic mass is 35.5. The molecular formula is C28H19Cl2NO3S. The molecule has 1 heterocycles. The number of ether oxygens (including phenoxy) is 1. The third-order valence-corrected chi connectivity index (χ3v) is 7.31. The van der Waals surface area contributed by atoms with Crippen LogP contribution < -0.4 is 4.74 Å². The molecule has 4 nitrogen and oxygen atoms in total. The lowest BCUT2D eigenvalue weighted by Gasteiger charge is -2.15. The predicted octanol–water partition coefficient (Wildman–Crippen LogP) is 7.96. The van der Waals surface area contributed by atoms with Crippen molar-refractivity contribution in [1.29, 1.82) is 0 Å². The fourth-order valence-corrected chi connectivity index (χ4v) is 5.23. The van der Waals surface area contributed by atoms with Crippen LogP contribution in [0.1, 0.15) is 16.7 Å². The SMILES string of the molecule is O=C1S/C(=C\c2c(OCc3ccccc3)ccc3ccccc23)C(=O)N1Cc1c(Cl)cccc1Cl. The van der Waals surface area contributed by atoms with E-state index in [1.807, 2.05) is 66.7 Å². The van der Waals surface area contributed by atoms with Gasteiger partial charge in [0.1, 0.15) is 12.4 Å². The Morgan fingerprint density at radius 3 is 2.31 bits per heavy atom. The predicted molar refractivity (Wildman–Crippen MR) is 143 cm³/mol. The molecule has 35 heavy (non-hydrogen) atoms. The molecule has 4 aromatic rings. The van der Waals surface area contributed by atoms with Gasteiger partial charge in [0.25, 0.3) is 11.1 Å². The van der Waals surface area contributed by atoms with Gasteiger partial charge >= 0.3 is 0 Å². The fourth-order valence-electron chi connectivity index (χ4n) is 3.89. The molecule has 1 aliphatic rings. The summed E-state index contributed by atoms with van der Waals surface area (Å²) < 4.78 is 6.16. The van der Waals surface area contributed by atoms with E-state index in [0.29, 0.717) is 32.9 Å². The average molecular weight is 520 g/mol. The van der Waals surface area contributed by atoms with Crippen LogP contribution in [0.5, 0.6) is 5.75 Å². The second-order valence-electron chi connectivity index (χ2n) is 7.94. The molecular weight excluding hydrogens is 501 g/mol. The first-order valence-electron chi connectivity index (χ1n) is 10.9. The lowest BCUT2D eigenvalue weighted by molar-refractivity contribution is -0.123. The Hall–Kier alpha value is -3.25. The van der Waals surface area contributed by atoms with E-state index in [-0.39, 0.29) is 11.8 Å². The summed E-state index contributed by atoms with van der Waals surface area (Å²) in [7, 11) is 0. The summed E-state index contributed by atoms with van der Waals surface area (Å²) in [5.41, 5.74) is 2.32. The molecule has 2 amide bonds. The number of carbonyl (C=O) groups is 2. The molecule has 0 aromatic heterocycles.